The normalized spacial score (nSPS) is 10.2. The molecular weight excluding hydrogens is 383 g/mol. The quantitative estimate of drug-likeness (QED) is 0.678. The van der Waals surface area contributed by atoms with Gasteiger partial charge in [-0.25, -0.2) is 4.98 Å². The van der Waals surface area contributed by atoms with Gasteiger partial charge in [0.15, 0.2) is 0 Å². The summed E-state index contributed by atoms with van der Waals surface area (Å²) in [5.74, 6) is 0.392. The van der Waals surface area contributed by atoms with Gasteiger partial charge >= 0.3 is 0 Å². The van der Waals surface area contributed by atoms with E-state index >= 15 is 0 Å². The Morgan fingerprint density at radius 2 is 1.75 bits per heavy atom. The number of nitrogens with zero attached hydrogens (tertiary/aromatic N) is 2. The van der Waals surface area contributed by atoms with Crippen molar-refractivity contribution in [1.82, 2.24) is 9.97 Å². The van der Waals surface area contributed by atoms with E-state index in [1.165, 1.54) is 0 Å². The smallest absolute Gasteiger partial charge is 0.222 e. The van der Waals surface area contributed by atoms with Crippen LogP contribution in [-0.4, -0.2) is 9.97 Å². The number of anilines is 2. The van der Waals surface area contributed by atoms with Crippen LogP contribution in [0.5, 0.6) is 0 Å². The maximum absolute atomic E-state index is 6.09. The summed E-state index contributed by atoms with van der Waals surface area (Å²) in [6.45, 7) is 0. The number of nitrogens with two attached hydrogens (primary N) is 2. The molecule has 1 aromatic carbocycles. The first-order valence-corrected chi connectivity index (χ1v) is 5.83. The molecule has 16 heavy (non-hydrogen) atoms. The van der Waals surface area contributed by atoms with E-state index in [9.17, 15) is 0 Å². The highest BCUT2D eigenvalue weighted by atomic mass is 79.9. The molecule has 0 unspecified atom stereocenters. The first kappa shape index (κ1) is 13.8. The Morgan fingerprint density at radius 1 is 1.12 bits per heavy atom. The number of halogens is 4. The lowest BCUT2D eigenvalue weighted by Gasteiger charge is -2.07. The van der Waals surface area contributed by atoms with Crippen molar-refractivity contribution in [1.29, 1.82) is 0 Å². The summed E-state index contributed by atoms with van der Waals surface area (Å²) in [5.41, 5.74) is 11.8. The molecule has 0 saturated heterocycles. The molecule has 0 bridgehead atoms. The number of fused-ring (bicyclic) bond motifs is 1. The fourth-order valence-electron chi connectivity index (χ4n) is 1.25. The second kappa shape index (κ2) is 4.91. The van der Waals surface area contributed by atoms with E-state index in [1.54, 1.807) is 6.07 Å². The Balaban J connectivity index is 0.00000128. The minimum absolute atomic E-state index is 0. The molecule has 1 heterocycles. The van der Waals surface area contributed by atoms with Gasteiger partial charge in [-0.15, -0.1) is 12.4 Å². The van der Waals surface area contributed by atoms with Gasteiger partial charge < -0.3 is 11.5 Å². The van der Waals surface area contributed by atoms with Gasteiger partial charge in [0.25, 0.3) is 0 Å². The van der Waals surface area contributed by atoms with Crippen LogP contribution in [0.3, 0.4) is 0 Å². The molecule has 0 atom stereocenters. The molecule has 0 aliphatic carbocycles. The topological polar surface area (TPSA) is 77.8 Å². The minimum atomic E-state index is 0. The fraction of sp³-hybridized carbons (Fsp3) is 0. The summed E-state index contributed by atoms with van der Waals surface area (Å²) in [5, 5.41) is 1.07. The third kappa shape index (κ3) is 2.20. The number of hydrogen-bond acceptors (Lipinski definition) is 4. The van der Waals surface area contributed by atoms with Crippen LogP contribution >= 0.6 is 55.9 Å². The molecule has 0 aliphatic rings. The molecule has 2 aromatic rings. The summed E-state index contributed by atoms with van der Waals surface area (Å²) in [6.07, 6.45) is 0. The lowest BCUT2D eigenvalue weighted by Crippen LogP contribution is -2.01. The van der Waals surface area contributed by atoms with Crippen LogP contribution in [-0.2, 0) is 0 Å². The van der Waals surface area contributed by atoms with E-state index in [4.69, 9.17) is 23.1 Å². The molecule has 0 amide bonds. The van der Waals surface area contributed by atoms with E-state index < -0.39 is 0 Å². The van der Waals surface area contributed by atoms with Crippen LogP contribution in [0.1, 0.15) is 0 Å². The van der Waals surface area contributed by atoms with Crippen molar-refractivity contribution in [3.8, 4) is 0 Å². The number of benzene rings is 1. The standard InChI is InChI=1S/C8H5Br2ClN4.ClH/c9-2-1-3(10)6-4(5(2)11)7(12)15-8(13)14-6;/h1H,(H4,12,13,14,15);1H. The van der Waals surface area contributed by atoms with E-state index in [2.05, 4.69) is 41.8 Å². The van der Waals surface area contributed by atoms with E-state index in [-0.39, 0.29) is 24.2 Å². The molecule has 2 rings (SSSR count). The molecule has 8 heteroatoms. The highest BCUT2D eigenvalue weighted by Gasteiger charge is 2.13. The number of hydrogen-bond donors (Lipinski definition) is 2. The van der Waals surface area contributed by atoms with Crippen LogP contribution in [0.25, 0.3) is 10.9 Å². The van der Waals surface area contributed by atoms with E-state index in [0.29, 0.717) is 15.9 Å². The van der Waals surface area contributed by atoms with E-state index in [1.807, 2.05) is 0 Å². The Bertz CT molecular complexity index is 561. The molecule has 0 spiro atoms. The van der Waals surface area contributed by atoms with Crippen LogP contribution in [0.4, 0.5) is 11.8 Å². The average Bonchev–Trinajstić information content (AvgIpc) is 2.13. The average molecular weight is 389 g/mol. The second-order valence-corrected chi connectivity index (χ2v) is 4.93. The zero-order chi connectivity index (χ0) is 11.2. The maximum atomic E-state index is 6.09. The van der Waals surface area contributed by atoms with Crippen molar-refractivity contribution >= 4 is 78.5 Å². The second-order valence-electron chi connectivity index (χ2n) is 2.84. The SMILES string of the molecule is Cl.Nc1nc(N)c2c(Cl)c(Br)cc(Br)c2n1. The molecule has 4 nitrogen and oxygen atoms in total. The van der Waals surface area contributed by atoms with Gasteiger partial charge in [-0.1, -0.05) is 11.6 Å². The van der Waals surface area contributed by atoms with E-state index in [0.717, 1.165) is 8.95 Å². The molecule has 1 aromatic heterocycles. The Morgan fingerprint density at radius 3 is 2.38 bits per heavy atom. The zero-order valence-electron chi connectivity index (χ0n) is 7.67. The summed E-state index contributed by atoms with van der Waals surface area (Å²) in [6, 6.07) is 1.79. The Labute approximate surface area is 119 Å². The Hall–Kier alpha value is -0.300. The summed E-state index contributed by atoms with van der Waals surface area (Å²) < 4.78 is 1.48. The van der Waals surface area contributed by atoms with Gasteiger partial charge in [0, 0.05) is 8.95 Å². The van der Waals surface area contributed by atoms with Gasteiger partial charge in [0.2, 0.25) is 5.95 Å². The van der Waals surface area contributed by atoms with Crippen molar-refractivity contribution in [2.45, 2.75) is 0 Å². The van der Waals surface area contributed by atoms with Crippen LogP contribution in [0.2, 0.25) is 5.02 Å². The fourth-order valence-corrected chi connectivity index (χ4v) is 2.74. The van der Waals surface area contributed by atoms with Crippen molar-refractivity contribution in [3.05, 3.63) is 20.0 Å². The Kier molecular flexibility index (Phi) is 4.23. The highest BCUT2D eigenvalue weighted by Crippen LogP contribution is 2.37. The molecular formula is C8H6Br2Cl2N4. The van der Waals surface area contributed by atoms with Gasteiger partial charge in [0.1, 0.15) is 5.82 Å². The first-order valence-electron chi connectivity index (χ1n) is 3.87. The largest absolute Gasteiger partial charge is 0.383 e. The monoisotopic (exact) mass is 386 g/mol. The summed E-state index contributed by atoms with van der Waals surface area (Å²) in [4.78, 5) is 7.94. The molecule has 0 saturated carbocycles. The lowest BCUT2D eigenvalue weighted by atomic mass is 10.2. The van der Waals surface area contributed by atoms with Gasteiger partial charge in [-0.2, -0.15) is 4.98 Å². The molecule has 86 valence electrons. The van der Waals surface area contributed by atoms with Crippen LogP contribution in [0.15, 0.2) is 15.0 Å². The van der Waals surface area contributed by atoms with Gasteiger partial charge in [-0.3, -0.25) is 0 Å². The van der Waals surface area contributed by atoms with Gasteiger partial charge in [0.05, 0.1) is 15.9 Å². The van der Waals surface area contributed by atoms with Gasteiger partial charge in [-0.05, 0) is 37.9 Å². The van der Waals surface area contributed by atoms with Crippen molar-refractivity contribution in [2.75, 3.05) is 11.5 Å². The van der Waals surface area contributed by atoms with Crippen LogP contribution in [0, 0.1) is 0 Å². The van der Waals surface area contributed by atoms with Crippen molar-refractivity contribution in [3.63, 3.8) is 0 Å². The van der Waals surface area contributed by atoms with Crippen molar-refractivity contribution < 1.29 is 0 Å². The number of rotatable bonds is 0. The summed E-state index contributed by atoms with van der Waals surface area (Å²) in [7, 11) is 0. The minimum Gasteiger partial charge on any atom is -0.383 e. The zero-order valence-corrected chi connectivity index (χ0v) is 12.4. The molecule has 0 aliphatic heterocycles. The third-order valence-electron chi connectivity index (χ3n) is 1.86. The predicted octanol–water partition coefficient (Wildman–Crippen LogP) is 3.39. The predicted molar refractivity (Wildman–Crippen MR) is 76.0 cm³/mol. The van der Waals surface area contributed by atoms with Crippen LogP contribution < -0.4 is 11.5 Å². The number of nitrogen functional groups attached to an aromatic ring is 2. The maximum Gasteiger partial charge on any atom is 0.222 e. The molecule has 4 N–H and O–H groups in total. The number of aromatic nitrogens is 2. The summed E-state index contributed by atoms with van der Waals surface area (Å²) >= 11 is 12.8. The third-order valence-corrected chi connectivity index (χ3v) is 3.71. The highest BCUT2D eigenvalue weighted by molar-refractivity contribution is 9.11. The lowest BCUT2D eigenvalue weighted by molar-refractivity contribution is 1.24. The molecule has 0 fully saturated rings. The van der Waals surface area contributed by atoms with Crippen molar-refractivity contribution in [2.24, 2.45) is 0 Å². The molecule has 0 radical (unpaired) electrons. The first-order chi connectivity index (χ1) is 7.00.